The molecule has 8 heteroatoms. The van der Waals surface area contributed by atoms with Gasteiger partial charge in [-0.15, -0.1) is 0 Å². The van der Waals surface area contributed by atoms with Gasteiger partial charge < -0.3 is 4.74 Å². The Labute approximate surface area is 188 Å². The van der Waals surface area contributed by atoms with Crippen LogP contribution in [0.15, 0.2) is 88.8 Å². The molecular formula is C25H18FN5O2. The molecule has 162 valence electrons. The number of nitriles is 1. The molecule has 0 saturated heterocycles. The van der Waals surface area contributed by atoms with Gasteiger partial charge in [0, 0.05) is 16.7 Å². The lowest BCUT2D eigenvalue weighted by atomic mass is 10.1. The third-order valence-corrected chi connectivity index (χ3v) is 4.71. The largest absolute Gasteiger partial charge is 0.488 e. The standard InChI is InChI=1S/C25H18FN5O2/c26-21-12-6-4-11-19(21)16-33-22-13-7-5-10-18(22)15-28-31-25-29-23(17-8-2-1-3-9-17)20(14-27)24(32)30-25/h1-13,15H,16H2,(H2,29,30,31,32). The van der Waals surface area contributed by atoms with E-state index in [1.807, 2.05) is 18.2 Å². The number of halogens is 1. The van der Waals surface area contributed by atoms with Gasteiger partial charge in [0.2, 0.25) is 5.95 Å². The number of nitrogens with zero attached hydrogens (tertiary/aromatic N) is 3. The molecule has 4 aromatic rings. The highest BCUT2D eigenvalue weighted by Crippen LogP contribution is 2.20. The molecule has 2 N–H and O–H groups in total. The van der Waals surface area contributed by atoms with E-state index in [4.69, 9.17) is 4.74 Å². The Kier molecular flexibility index (Phi) is 6.52. The van der Waals surface area contributed by atoms with E-state index in [0.29, 0.717) is 22.4 Å². The number of hydrazone groups is 1. The van der Waals surface area contributed by atoms with Gasteiger partial charge in [0.25, 0.3) is 5.56 Å². The van der Waals surface area contributed by atoms with E-state index in [9.17, 15) is 14.4 Å². The smallest absolute Gasteiger partial charge is 0.270 e. The number of nitrogens with one attached hydrogen (secondary N) is 2. The second-order valence-electron chi connectivity index (χ2n) is 6.90. The van der Waals surface area contributed by atoms with Crippen molar-refractivity contribution >= 4 is 12.2 Å². The Balaban J connectivity index is 1.53. The third kappa shape index (κ3) is 5.11. The molecule has 0 aliphatic rings. The van der Waals surface area contributed by atoms with Gasteiger partial charge in [0.05, 0.1) is 11.9 Å². The van der Waals surface area contributed by atoms with E-state index < -0.39 is 5.56 Å². The maximum Gasteiger partial charge on any atom is 0.270 e. The first kappa shape index (κ1) is 21.5. The third-order valence-electron chi connectivity index (χ3n) is 4.71. The van der Waals surface area contributed by atoms with Crippen molar-refractivity contribution in [1.29, 1.82) is 5.26 Å². The zero-order valence-electron chi connectivity index (χ0n) is 17.3. The summed E-state index contributed by atoms with van der Waals surface area (Å²) in [7, 11) is 0. The molecule has 0 unspecified atom stereocenters. The highest BCUT2D eigenvalue weighted by atomic mass is 19.1. The van der Waals surface area contributed by atoms with Crippen LogP contribution in [0, 0.1) is 17.1 Å². The van der Waals surface area contributed by atoms with Crippen LogP contribution in [0.3, 0.4) is 0 Å². The fraction of sp³-hybridized carbons (Fsp3) is 0.0400. The lowest BCUT2D eigenvalue weighted by molar-refractivity contribution is 0.299. The normalized spacial score (nSPS) is 10.7. The lowest BCUT2D eigenvalue weighted by Gasteiger charge is -2.10. The molecular weight excluding hydrogens is 421 g/mol. The highest BCUT2D eigenvalue weighted by molar-refractivity contribution is 5.83. The zero-order valence-corrected chi connectivity index (χ0v) is 17.3. The number of anilines is 1. The number of aromatic nitrogens is 2. The Bertz CT molecular complexity index is 1390. The SMILES string of the molecule is N#Cc1c(-c2ccccc2)nc(NN=Cc2ccccc2OCc2ccccc2F)[nH]c1=O. The molecule has 33 heavy (non-hydrogen) atoms. The van der Waals surface area contributed by atoms with Crippen molar-refractivity contribution < 1.29 is 9.13 Å². The van der Waals surface area contributed by atoms with Crippen molar-refractivity contribution in [2.24, 2.45) is 5.10 Å². The van der Waals surface area contributed by atoms with Crippen LogP contribution in [-0.4, -0.2) is 16.2 Å². The monoisotopic (exact) mass is 439 g/mol. The van der Waals surface area contributed by atoms with E-state index in [1.54, 1.807) is 60.7 Å². The van der Waals surface area contributed by atoms with E-state index >= 15 is 0 Å². The van der Waals surface area contributed by atoms with Crippen LogP contribution >= 0.6 is 0 Å². The molecule has 1 aromatic heterocycles. The van der Waals surface area contributed by atoms with E-state index in [1.165, 1.54) is 12.3 Å². The van der Waals surface area contributed by atoms with E-state index in [2.05, 4.69) is 20.5 Å². The quantitative estimate of drug-likeness (QED) is 0.327. The minimum absolute atomic E-state index is 0.0654. The van der Waals surface area contributed by atoms with Crippen molar-refractivity contribution in [3.63, 3.8) is 0 Å². The Hall–Kier alpha value is -4.77. The summed E-state index contributed by atoms with van der Waals surface area (Å²) in [5.74, 6) is 0.256. The van der Waals surface area contributed by atoms with Gasteiger partial charge in [-0.2, -0.15) is 10.4 Å². The number of para-hydroxylation sites is 1. The molecule has 7 nitrogen and oxygen atoms in total. The number of H-pyrrole nitrogens is 1. The molecule has 0 spiro atoms. The predicted molar refractivity (Wildman–Crippen MR) is 123 cm³/mol. The summed E-state index contributed by atoms with van der Waals surface area (Å²) in [6, 6.07) is 24.4. The Morgan fingerprint density at radius 1 is 1.06 bits per heavy atom. The first-order valence-corrected chi connectivity index (χ1v) is 10.00. The van der Waals surface area contributed by atoms with Crippen molar-refractivity contribution in [1.82, 2.24) is 9.97 Å². The maximum atomic E-state index is 13.9. The van der Waals surface area contributed by atoms with Gasteiger partial charge >= 0.3 is 0 Å². The van der Waals surface area contributed by atoms with Gasteiger partial charge in [0.1, 0.15) is 29.8 Å². The first-order valence-electron chi connectivity index (χ1n) is 10.00. The lowest BCUT2D eigenvalue weighted by Crippen LogP contribution is -2.16. The highest BCUT2D eigenvalue weighted by Gasteiger charge is 2.13. The van der Waals surface area contributed by atoms with Crippen LogP contribution in [0.4, 0.5) is 10.3 Å². The van der Waals surface area contributed by atoms with Gasteiger partial charge in [0.15, 0.2) is 0 Å². The van der Waals surface area contributed by atoms with Crippen LogP contribution < -0.4 is 15.7 Å². The van der Waals surface area contributed by atoms with Crippen LogP contribution in [0.25, 0.3) is 11.3 Å². The van der Waals surface area contributed by atoms with Gasteiger partial charge in [-0.1, -0.05) is 60.7 Å². The van der Waals surface area contributed by atoms with Crippen molar-refractivity contribution in [2.75, 3.05) is 5.43 Å². The molecule has 1 heterocycles. The fourth-order valence-corrected chi connectivity index (χ4v) is 3.09. The van der Waals surface area contributed by atoms with Crippen LogP contribution in [0.2, 0.25) is 0 Å². The molecule has 4 rings (SSSR count). The summed E-state index contributed by atoms with van der Waals surface area (Å²) in [6.07, 6.45) is 1.50. The molecule has 0 bridgehead atoms. The number of ether oxygens (including phenoxy) is 1. The fourth-order valence-electron chi connectivity index (χ4n) is 3.09. The molecule has 0 aliphatic carbocycles. The topological polar surface area (TPSA) is 103 Å². The first-order chi connectivity index (χ1) is 16.2. The predicted octanol–water partition coefficient (Wildman–Crippen LogP) is 4.47. The van der Waals surface area contributed by atoms with E-state index in [-0.39, 0.29) is 29.6 Å². The van der Waals surface area contributed by atoms with Crippen molar-refractivity contribution in [3.05, 3.63) is 112 Å². The summed E-state index contributed by atoms with van der Waals surface area (Å²) < 4.78 is 19.6. The molecule has 0 atom stereocenters. The Morgan fingerprint density at radius 2 is 1.79 bits per heavy atom. The average molecular weight is 439 g/mol. The van der Waals surface area contributed by atoms with Gasteiger partial charge in [-0.05, 0) is 18.2 Å². The molecule has 3 aromatic carbocycles. The molecule has 0 amide bonds. The average Bonchev–Trinajstić information content (AvgIpc) is 2.84. The maximum absolute atomic E-state index is 13.9. The summed E-state index contributed by atoms with van der Waals surface area (Å²) in [5.41, 5.74) is 4.01. The van der Waals surface area contributed by atoms with Crippen LogP contribution in [0.1, 0.15) is 16.7 Å². The van der Waals surface area contributed by atoms with Gasteiger partial charge in [-0.3, -0.25) is 9.78 Å². The molecule has 0 fully saturated rings. The minimum Gasteiger partial charge on any atom is -0.488 e. The second-order valence-corrected chi connectivity index (χ2v) is 6.90. The van der Waals surface area contributed by atoms with Crippen molar-refractivity contribution in [3.8, 4) is 23.1 Å². The second kappa shape index (κ2) is 10.0. The van der Waals surface area contributed by atoms with Gasteiger partial charge in [-0.25, -0.2) is 14.8 Å². The number of aromatic amines is 1. The number of hydrogen-bond acceptors (Lipinski definition) is 6. The Morgan fingerprint density at radius 3 is 2.58 bits per heavy atom. The summed E-state index contributed by atoms with van der Waals surface area (Å²) >= 11 is 0. The summed E-state index contributed by atoms with van der Waals surface area (Å²) in [5, 5.41) is 13.5. The molecule has 0 radical (unpaired) electrons. The van der Waals surface area contributed by atoms with Crippen LogP contribution in [0.5, 0.6) is 5.75 Å². The van der Waals surface area contributed by atoms with Crippen LogP contribution in [-0.2, 0) is 6.61 Å². The minimum atomic E-state index is -0.572. The zero-order chi connectivity index (χ0) is 23.0. The summed E-state index contributed by atoms with van der Waals surface area (Å²) in [6.45, 7) is 0.0654. The summed E-state index contributed by atoms with van der Waals surface area (Å²) in [4.78, 5) is 19.2. The number of hydrogen-bond donors (Lipinski definition) is 2. The molecule has 0 aliphatic heterocycles. The van der Waals surface area contributed by atoms with E-state index in [0.717, 1.165) is 0 Å². The number of benzene rings is 3. The van der Waals surface area contributed by atoms with Crippen molar-refractivity contribution in [2.45, 2.75) is 6.61 Å². The number of rotatable bonds is 7. The molecule has 0 saturated carbocycles.